The lowest BCUT2D eigenvalue weighted by Crippen LogP contribution is -2.14. The summed E-state index contributed by atoms with van der Waals surface area (Å²) in [5, 5.41) is 8.24. The summed E-state index contributed by atoms with van der Waals surface area (Å²) in [5.41, 5.74) is 2.26. The summed E-state index contributed by atoms with van der Waals surface area (Å²) >= 11 is 13.5. The number of halogens is 2. The molecule has 0 aliphatic heterocycles. The Morgan fingerprint density at radius 1 is 0.923 bits per heavy atom. The Morgan fingerprint density at radius 2 is 1.73 bits per heavy atom. The molecular weight excluding hydrogens is 391 g/mol. The van der Waals surface area contributed by atoms with Gasteiger partial charge in [0.05, 0.1) is 15.6 Å². The van der Waals surface area contributed by atoms with Crippen molar-refractivity contribution in [2.75, 3.05) is 10.6 Å². The first kappa shape index (κ1) is 18.5. The zero-order valence-corrected chi connectivity index (χ0v) is 16.0. The molecule has 7 heteroatoms. The summed E-state index contributed by atoms with van der Waals surface area (Å²) in [6, 6.07) is 13.5. The van der Waals surface area contributed by atoms with Crippen molar-refractivity contribution in [1.82, 2.24) is 0 Å². The molecule has 4 nitrogen and oxygen atoms in total. The van der Waals surface area contributed by atoms with Gasteiger partial charge in [-0.3, -0.25) is 9.59 Å². The molecule has 2 N–H and O–H groups in total. The van der Waals surface area contributed by atoms with Crippen LogP contribution in [0.1, 0.15) is 25.6 Å². The van der Waals surface area contributed by atoms with Crippen molar-refractivity contribution in [1.29, 1.82) is 0 Å². The molecule has 26 heavy (non-hydrogen) atoms. The second-order valence-corrected chi connectivity index (χ2v) is 7.31. The van der Waals surface area contributed by atoms with Gasteiger partial charge in [0.25, 0.3) is 11.8 Å². The molecule has 0 bridgehead atoms. The van der Waals surface area contributed by atoms with Gasteiger partial charge in [-0.1, -0.05) is 35.3 Å². The minimum Gasteiger partial charge on any atom is -0.322 e. The lowest BCUT2D eigenvalue weighted by Gasteiger charge is -2.10. The van der Waals surface area contributed by atoms with E-state index in [0.29, 0.717) is 31.9 Å². The SMILES string of the molecule is Cc1ccc(NC(=O)c2ccc(Cl)c(NC(=O)c3cccs3)c2)cc1Cl. The van der Waals surface area contributed by atoms with Crippen molar-refractivity contribution in [3.8, 4) is 0 Å². The number of carbonyl (C=O) groups excluding carboxylic acids is 2. The van der Waals surface area contributed by atoms with E-state index in [0.717, 1.165) is 5.56 Å². The second-order valence-electron chi connectivity index (χ2n) is 5.54. The van der Waals surface area contributed by atoms with E-state index in [1.807, 2.05) is 18.4 Å². The number of rotatable bonds is 4. The van der Waals surface area contributed by atoms with E-state index in [-0.39, 0.29) is 11.8 Å². The van der Waals surface area contributed by atoms with Crippen molar-refractivity contribution in [3.63, 3.8) is 0 Å². The molecule has 0 fully saturated rings. The van der Waals surface area contributed by atoms with Crippen molar-refractivity contribution in [2.24, 2.45) is 0 Å². The average molecular weight is 405 g/mol. The first-order chi connectivity index (χ1) is 12.4. The van der Waals surface area contributed by atoms with Gasteiger partial charge in [-0.25, -0.2) is 0 Å². The smallest absolute Gasteiger partial charge is 0.265 e. The highest BCUT2D eigenvalue weighted by atomic mass is 35.5. The van der Waals surface area contributed by atoms with E-state index in [4.69, 9.17) is 23.2 Å². The van der Waals surface area contributed by atoms with Crippen LogP contribution in [0.2, 0.25) is 10.0 Å². The maximum atomic E-state index is 12.5. The van der Waals surface area contributed by atoms with E-state index >= 15 is 0 Å². The van der Waals surface area contributed by atoms with Crippen LogP contribution >= 0.6 is 34.5 Å². The van der Waals surface area contributed by atoms with E-state index in [2.05, 4.69) is 10.6 Å². The number of thiophene rings is 1. The molecule has 0 aliphatic rings. The van der Waals surface area contributed by atoms with Crippen LogP contribution in [-0.2, 0) is 0 Å². The Kier molecular flexibility index (Phi) is 5.61. The minimum atomic E-state index is -0.326. The maximum absolute atomic E-state index is 12.5. The van der Waals surface area contributed by atoms with Gasteiger partial charge < -0.3 is 10.6 Å². The van der Waals surface area contributed by atoms with Gasteiger partial charge >= 0.3 is 0 Å². The van der Waals surface area contributed by atoms with Crippen LogP contribution in [-0.4, -0.2) is 11.8 Å². The van der Waals surface area contributed by atoms with Gasteiger partial charge in [-0.05, 0) is 54.3 Å². The molecule has 0 aliphatic carbocycles. The van der Waals surface area contributed by atoms with Crippen molar-refractivity contribution in [3.05, 3.63) is 80.0 Å². The van der Waals surface area contributed by atoms with Gasteiger partial charge in [0.1, 0.15) is 0 Å². The minimum absolute atomic E-state index is 0.273. The molecular formula is C19H14Cl2N2O2S. The van der Waals surface area contributed by atoms with Gasteiger partial charge in [-0.15, -0.1) is 11.3 Å². The highest BCUT2D eigenvalue weighted by Crippen LogP contribution is 2.25. The molecule has 2 aromatic carbocycles. The third-order valence-electron chi connectivity index (χ3n) is 3.65. The highest BCUT2D eigenvalue weighted by Gasteiger charge is 2.13. The van der Waals surface area contributed by atoms with Crippen LogP contribution in [0, 0.1) is 6.92 Å². The monoisotopic (exact) mass is 404 g/mol. The van der Waals surface area contributed by atoms with Crippen molar-refractivity contribution < 1.29 is 9.59 Å². The Hall–Kier alpha value is -2.34. The number of carbonyl (C=O) groups is 2. The predicted molar refractivity (Wildman–Crippen MR) is 108 cm³/mol. The van der Waals surface area contributed by atoms with Gasteiger partial charge in [-0.2, -0.15) is 0 Å². The normalized spacial score (nSPS) is 10.4. The predicted octanol–water partition coefficient (Wildman–Crippen LogP) is 5.87. The summed E-state index contributed by atoms with van der Waals surface area (Å²) in [4.78, 5) is 25.2. The molecule has 0 radical (unpaired) electrons. The Labute approximate surface area is 164 Å². The molecule has 0 saturated carbocycles. The van der Waals surface area contributed by atoms with Crippen molar-refractivity contribution in [2.45, 2.75) is 6.92 Å². The number of hydrogen-bond acceptors (Lipinski definition) is 3. The van der Waals surface area contributed by atoms with Gasteiger partial charge in [0.2, 0.25) is 0 Å². The lowest BCUT2D eigenvalue weighted by molar-refractivity contribution is 0.101. The quantitative estimate of drug-likeness (QED) is 0.571. The fourth-order valence-electron chi connectivity index (χ4n) is 2.23. The van der Waals surface area contributed by atoms with Gasteiger partial charge in [0, 0.05) is 16.3 Å². The van der Waals surface area contributed by atoms with Crippen LogP contribution in [0.15, 0.2) is 53.9 Å². The first-order valence-corrected chi connectivity index (χ1v) is 9.29. The number of anilines is 2. The molecule has 2 amide bonds. The average Bonchev–Trinajstić information content (AvgIpc) is 3.15. The summed E-state index contributed by atoms with van der Waals surface area (Å²) in [6.07, 6.45) is 0. The molecule has 0 spiro atoms. The maximum Gasteiger partial charge on any atom is 0.265 e. The Morgan fingerprint density at radius 3 is 2.42 bits per heavy atom. The largest absolute Gasteiger partial charge is 0.322 e. The van der Waals surface area contributed by atoms with E-state index in [9.17, 15) is 9.59 Å². The van der Waals surface area contributed by atoms with Gasteiger partial charge in [0.15, 0.2) is 0 Å². The summed E-state index contributed by atoms with van der Waals surface area (Å²) in [6.45, 7) is 1.88. The standard InChI is InChI=1S/C19H14Cl2N2O2S/c1-11-4-6-13(10-15(11)21)22-18(24)12-5-7-14(20)16(9-12)23-19(25)17-3-2-8-26-17/h2-10H,1H3,(H,22,24)(H,23,25). The fourth-order valence-corrected chi connectivity index (χ4v) is 3.19. The van der Waals surface area contributed by atoms with Crippen LogP contribution in [0.5, 0.6) is 0 Å². The zero-order chi connectivity index (χ0) is 18.7. The van der Waals surface area contributed by atoms with Crippen LogP contribution < -0.4 is 10.6 Å². The molecule has 3 aromatic rings. The number of aryl methyl sites for hydroxylation is 1. The molecule has 0 atom stereocenters. The molecule has 3 rings (SSSR count). The molecule has 132 valence electrons. The zero-order valence-electron chi connectivity index (χ0n) is 13.7. The van der Waals surface area contributed by atoms with E-state index in [1.54, 1.807) is 42.5 Å². The summed E-state index contributed by atoms with van der Waals surface area (Å²) < 4.78 is 0. The number of benzene rings is 2. The fraction of sp³-hybridized carbons (Fsp3) is 0.0526. The van der Waals surface area contributed by atoms with Crippen LogP contribution in [0.25, 0.3) is 0 Å². The first-order valence-electron chi connectivity index (χ1n) is 7.66. The Bertz CT molecular complexity index is 972. The number of hydrogen-bond donors (Lipinski definition) is 2. The lowest BCUT2D eigenvalue weighted by atomic mass is 10.1. The third kappa shape index (κ3) is 4.25. The van der Waals surface area contributed by atoms with Crippen LogP contribution in [0.4, 0.5) is 11.4 Å². The third-order valence-corrected chi connectivity index (χ3v) is 5.26. The van der Waals surface area contributed by atoms with E-state index in [1.165, 1.54) is 11.3 Å². The molecule has 0 saturated heterocycles. The highest BCUT2D eigenvalue weighted by molar-refractivity contribution is 7.12. The molecule has 0 unspecified atom stereocenters. The second kappa shape index (κ2) is 7.91. The summed E-state index contributed by atoms with van der Waals surface area (Å²) in [5.74, 6) is -0.599. The van der Waals surface area contributed by atoms with Crippen LogP contribution in [0.3, 0.4) is 0 Å². The van der Waals surface area contributed by atoms with E-state index < -0.39 is 0 Å². The Balaban J connectivity index is 1.78. The number of nitrogens with one attached hydrogen (secondary N) is 2. The molecule has 1 heterocycles. The molecule has 1 aromatic heterocycles. The topological polar surface area (TPSA) is 58.2 Å². The van der Waals surface area contributed by atoms with Crippen molar-refractivity contribution >= 4 is 57.7 Å². The number of amides is 2. The summed E-state index contributed by atoms with van der Waals surface area (Å²) in [7, 11) is 0.